The van der Waals surface area contributed by atoms with Crippen LogP contribution in [-0.4, -0.2) is 0 Å². The molecule has 0 aromatic heterocycles. The van der Waals surface area contributed by atoms with E-state index in [1.54, 1.807) is 12.1 Å². The Bertz CT molecular complexity index is 436. The van der Waals surface area contributed by atoms with Crippen molar-refractivity contribution in [1.82, 2.24) is 0 Å². The van der Waals surface area contributed by atoms with Crippen molar-refractivity contribution in [3.63, 3.8) is 0 Å². The highest BCUT2D eigenvalue weighted by atomic mass is 35.5. The number of hydrogen-bond acceptors (Lipinski definition) is 0. The number of alkyl halides is 1. The Morgan fingerprint density at radius 2 is 1.56 bits per heavy atom. The third-order valence-electron chi connectivity index (χ3n) is 2.49. The van der Waals surface area contributed by atoms with Gasteiger partial charge in [0.25, 0.3) is 0 Å². The van der Waals surface area contributed by atoms with E-state index in [9.17, 15) is 4.39 Å². The summed E-state index contributed by atoms with van der Waals surface area (Å²) in [4.78, 5) is 0. The van der Waals surface area contributed by atoms with E-state index in [2.05, 4.69) is 0 Å². The molecule has 2 aromatic carbocycles. The molecule has 2 rings (SSSR count). The Kier molecular flexibility index (Phi) is 3.58. The standard InChI is InChI=1S/C14H12ClF/c15-14(12-4-2-1-3-5-12)10-11-6-8-13(16)9-7-11/h1-9,14H,10H2. The lowest BCUT2D eigenvalue weighted by Gasteiger charge is -2.09. The van der Waals surface area contributed by atoms with Gasteiger partial charge in [0.05, 0.1) is 5.38 Å². The van der Waals surface area contributed by atoms with Crippen LogP contribution in [0.3, 0.4) is 0 Å². The van der Waals surface area contributed by atoms with Crippen LogP contribution >= 0.6 is 11.6 Å². The highest BCUT2D eigenvalue weighted by molar-refractivity contribution is 6.20. The molecule has 2 heteroatoms. The quantitative estimate of drug-likeness (QED) is 0.693. The number of halogens is 2. The van der Waals surface area contributed by atoms with Crippen molar-refractivity contribution in [1.29, 1.82) is 0 Å². The molecule has 2 aromatic rings. The minimum Gasteiger partial charge on any atom is -0.207 e. The van der Waals surface area contributed by atoms with Crippen LogP contribution in [0.1, 0.15) is 16.5 Å². The van der Waals surface area contributed by atoms with E-state index in [4.69, 9.17) is 11.6 Å². The first-order chi connectivity index (χ1) is 7.75. The molecule has 0 spiro atoms. The highest BCUT2D eigenvalue weighted by Gasteiger charge is 2.08. The van der Waals surface area contributed by atoms with E-state index in [0.29, 0.717) is 6.42 Å². The van der Waals surface area contributed by atoms with Gasteiger partial charge in [0.2, 0.25) is 0 Å². The smallest absolute Gasteiger partial charge is 0.123 e. The fraction of sp³-hybridized carbons (Fsp3) is 0.143. The maximum Gasteiger partial charge on any atom is 0.123 e. The van der Waals surface area contributed by atoms with Gasteiger partial charge in [-0.05, 0) is 29.7 Å². The van der Waals surface area contributed by atoms with Crippen LogP contribution in [0.15, 0.2) is 54.6 Å². The summed E-state index contributed by atoms with van der Waals surface area (Å²) in [5, 5.41) is -0.0633. The number of hydrogen-bond donors (Lipinski definition) is 0. The zero-order chi connectivity index (χ0) is 11.4. The molecule has 0 aliphatic heterocycles. The summed E-state index contributed by atoms with van der Waals surface area (Å²) in [5.74, 6) is -0.213. The molecule has 0 nitrogen and oxygen atoms in total. The van der Waals surface area contributed by atoms with Crippen LogP contribution in [0, 0.1) is 5.82 Å². The second-order valence-electron chi connectivity index (χ2n) is 3.71. The summed E-state index contributed by atoms with van der Waals surface area (Å²) in [7, 11) is 0. The highest BCUT2D eigenvalue weighted by Crippen LogP contribution is 2.24. The lowest BCUT2D eigenvalue weighted by molar-refractivity contribution is 0.627. The Morgan fingerprint density at radius 3 is 2.19 bits per heavy atom. The van der Waals surface area contributed by atoms with E-state index in [0.717, 1.165) is 11.1 Å². The Hall–Kier alpha value is -1.34. The molecule has 0 saturated carbocycles. The average Bonchev–Trinajstić information content (AvgIpc) is 2.33. The molecule has 0 amide bonds. The van der Waals surface area contributed by atoms with Crippen molar-refractivity contribution in [3.8, 4) is 0 Å². The Balaban J connectivity index is 2.08. The summed E-state index contributed by atoms with van der Waals surface area (Å²) in [6.45, 7) is 0. The lowest BCUT2D eigenvalue weighted by atomic mass is 10.0. The van der Waals surface area contributed by atoms with Crippen LogP contribution < -0.4 is 0 Å². The van der Waals surface area contributed by atoms with Gasteiger partial charge >= 0.3 is 0 Å². The van der Waals surface area contributed by atoms with Gasteiger partial charge in [-0.3, -0.25) is 0 Å². The van der Waals surface area contributed by atoms with Crippen molar-refractivity contribution < 1.29 is 4.39 Å². The first-order valence-electron chi connectivity index (χ1n) is 5.19. The first kappa shape index (κ1) is 11.2. The minimum absolute atomic E-state index is 0.0633. The molecule has 0 heterocycles. The largest absolute Gasteiger partial charge is 0.207 e. The van der Waals surface area contributed by atoms with Gasteiger partial charge < -0.3 is 0 Å². The molecule has 0 radical (unpaired) electrons. The van der Waals surface area contributed by atoms with Gasteiger partial charge in [0, 0.05) is 0 Å². The maximum absolute atomic E-state index is 12.7. The van der Waals surface area contributed by atoms with Crippen molar-refractivity contribution in [3.05, 3.63) is 71.5 Å². The van der Waals surface area contributed by atoms with Crippen LogP contribution in [0.4, 0.5) is 4.39 Å². The summed E-state index contributed by atoms with van der Waals surface area (Å²) in [6.07, 6.45) is 0.714. The lowest BCUT2D eigenvalue weighted by Crippen LogP contribution is -1.95. The molecular weight excluding hydrogens is 223 g/mol. The van der Waals surface area contributed by atoms with Gasteiger partial charge in [0.15, 0.2) is 0 Å². The van der Waals surface area contributed by atoms with Crippen molar-refractivity contribution in [2.24, 2.45) is 0 Å². The average molecular weight is 235 g/mol. The van der Waals surface area contributed by atoms with Crippen LogP contribution in [0.25, 0.3) is 0 Å². The molecule has 1 atom stereocenters. The predicted molar refractivity (Wildman–Crippen MR) is 65.1 cm³/mol. The molecule has 0 fully saturated rings. The van der Waals surface area contributed by atoms with E-state index >= 15 is 0 Å². The predicted octanol–water partition coefficient (Wildman–Crippen LogP) is 4.35. The fourth-order valence-electron chi connectivity index (χ4n) is 1.61. The molecule has 82 valence electrons. The van der Waals surface area contributed by atoms with Gasteiger partial charge in [-0.2, -0.15) is 0 Å². The Morgan fingerprint density at radius 1 is 0.938 bits per heavy atom. The third-order valence-corrected chi connectivity index (χ3v) is 2.90. The topological polar surface area (TPSA) is 0 Å². The van der Waals surface area contributed by atoms with Crippen molar-refractivity contribution in [2.75, 3.05) is 0 Å². The monoisotopic (exact) mass is 234 g/mol. The molecule has 0 N–H and O–H groups in total. The summed E-state index contributed by atoms with van der Waals surface area (Å²) < 4.78 is 12.7. The van der Waals surface area contributed by atoms with Crippen LogP contribution in [0.2, 0.25) is 0 Å². The van der Waals surface area contributed by atoms with Crippen LogP contribution in [-0.2, 0) is 6.42 Å². The maximum atomic E-state index is 12.7. The van der Waals surface area contributed by atoms with Crippen molar-refractivity contribution >= 4 is 11.6 Å². The fourth-order valence-corrected chi connectivity index (χ4v) is 1.93. The molecular formula is C14H12ClF. The van der Waals surface area contributed by atoms with Gasteiger partial charge in [-0.15, -0.1) is 11.6 Å². The van der Waals surface area contributed by atoms with E-state index in [1.807, 2.05) is 30.3 Å². The number of benzene rings is 2. The molecule has 0 saturated heterocycles. The molecule has 0 bridgehead atoms. The second-order valence-corrected chi connectivity index (χ2v) is 4.24. The van der Waals surface area contributed by atoms with E-state index in [-0.39, 0.29) is 11.2 Å². The zero-order valence-electron chi connectivity index (χ0n) is 8.74. The SMILES string of the molecule is Fc1ccc(CC(Cl)c2ccccc2)cc1. The van der Waals surface area contributed by atoms with E-state index < -0.39 is 0 Å². The normalized spacial score (nSPS) is 12.4. The Labute approximate surface area is 99.7 Å². The molecule has 0 aliphatic carbocycles. The summed E-state index contributed by atoms with van der Waals surface area (Å²) >= 11 is 6.29. The second kappa shape index (κ2) is 5.13. The minimum atomic E-state index is -0.213. The number of rotatable bonds is 3. The molecule has 16 heavy (non-hydrogen) atoms. The zero-order valence-corrected chi connectivity index (χ0v) is 9.49. The first-order valence-corrected chi connectivity index (χ1v) is 5.63. The molecule has 0 aliphatic rings. The molecule has 1 unspecified atom stereocenters. The van der Waals surface area contributed by atoms with Gasteiger partial charge in [-0.1, -0.05) is 42.5 Å². The van der Waals surface area contributed by atoms with Crippen molar-refractivity contribution in [2.45, 2.75) is 11.8 Å². The summed E-state index contributed by atoms with van der Waals surface area (Å²) in [5.41, 5.74) is 2.14. The van der Waals surface area contributed by atoms with Crippen LogP contribution in [0.5, 0.6) is 0 Å². The summed E-state index contributed by atoms with van der Waals surface area (Å²) in [6, 6.07) is 16.4. The third kappa shape index (κ3) is 2.83. The van der Waals surface area contributed by atoms with E-state index in [1.165, 1.54) is 12.1 Å². The van der Waals surface area contributed by atoms with Gasteiger partial charge in [0.1, 0.15) is 5.82 Å². The van der Waals surface area contributed by atoms with Gasteiger partial charge in [-0.25, -0.2) is 4.39 Å².